The predicted octanol–water partition coefficient (Wildman–Crippen LogP) is 1.83. The van der Waals surface area contributed by atoms with E-state index < -0.39 is 10.0 Å². The molecule has 3 rings (SSSR count). The summed E-state index contributed by atoms with van der Waals surface area (Å²) in [4.78, 5) is 0.340. The molecule has 8 heteroatoms. The van der Waals surface area contributed by atoms with Gasteiger partial charge in [-0.2, -0.15) is 9.40 Å². The Balaban J connectivity index is 1.53. The van der Waals surface area contributed by atoms with Crippen molar-refractivity contribution in [2.75, 3.05) is 26.2 Å². The van der Waals surface area contributed by atoms with Crippen molar-refractivity contribution in [1.29, 1.82) is 0 Å². The van der Waals surface area contributed by atoms with Crippen LogP contribution in [0.2, 0.25) is 0 Å². The zero-order chi connectivity index (χ0) is 18.9. The van der Waals surface area contributed by atoms with Crippen LogP contribution in [0.3, 0.4) is 0 Å². The van der Waals surface area contributed by atoms with Gasteiger partial charge in [0.1, 0.15) is 4.90 Å². The van der Waals surface area contributed by atoms with Crippen LogP contribution in [0.25, 0.3) is 0 Å². The Bertz CT molecular complexity index is 689. The van der Waals surface area contributed by atoms with Crippen molar-refractivity contribution >= 4 is 10.0 Å². The van der Waals surface area contributed by atoms with Gasteiger partial charge in [0, 0.05) is 32.3 Å². The Labute approximate surface area is 156 Å². The maximum atomic E-state index is 12.9. The molecule has 2 aliphatic heterocycles. The summed E-state index contributed by atoms with van der Waals surface area (Å²) >= 11 is 0. The van der Waals surface area contributed by atoms with E-state index in [4.69, 9.17) is 4.74 Å². The number of nitrogens with one attached hydrogen (secondary N) is 2. The lowest BCUT2D eigenvalue weighted by atomic mass is 9.92. The van der Waals surface area contributed by atoms with Crippen LogP contribution in [0.5, 0.6) is 0 Å². The first-order chi connectivity index (χ1) is 12.3. The molecule has 0 aromatic carbocycles. The molecule has 0 bridgehead atoms. The van der Waals surface area contributed by atoms with E-state index in [-0.39, 0.29) is 0 Å². The molecule has 2 N–H and O–H groups in total. The fourth-order valence-corrected chi connectivity index (χ4v) is 6.08. The second-order valence-electron chi connectivity index (χ2n) is 7.98. The monoisotopic (exact) mass is 384 g/mol. The standard InChI is InChI=1S/C18H32N4O3S/c1-12(2)17-15(7-10-25-17)11-19-16-5-8-22(9-6-16)26(23,24)18-13(3)20-21-14(18)4/h12,15-17,19H,5-11H2,1-4H3,(H,20,21)/t15-,17-/m1/s1. The van der Waals surface area contributed by atoms with Crippen molar-refractivity contribution in [1.82, 2.24) is 19.8 Å². The predicted molar refractivity (Wildman–Crippen MR) is 101 cm³/mol. The molecular formula is C18H32N4O3S. The van der Waals surface area contributed by atoms with Crippen molar-refractivity contribution < 1.29 is 13.2 Å². The number of hydrogen-bond acceptors (Lipinski definition) is 5. The number of rotatable bonds is 6. The molecule has 2 fully saturated rings. The third-order valence-corrected chi connectivity index (χ3v) is 7.86. The van der Waals surface area contributed by atoms with Crippen LogP contribution in [0.15, 0.2) is 4.90 Å². The lowest BCUT2D eigenvalue weighted by Crippen LogP contribution is -2.46. The molecule has 7 nitrogen and oxygen atoms in total. The van der Waals surface area contributed by atoms with Gasteiger partial charge in [0.15, 0.2) is 0 Å². The number of aromatic amines is 1. The Morgan fingerprint density at radius 2 is 1.96 bits per heavy atom. The van der Waals surface area contributed by atoms with Gasteiger partial charge >= 0.3 is 0 Å². The topological polar surface area (TPSA) is 87.3 Å². The second-order valence-corrected chi connectivity index (χ2v) is 9.85. The zero-order valence-electron chi connectivity index (χ0n) is 16.3. The number of aromatic nitrogens is 2. The number of ether oxygens (including phenoxy) is 1. The lowest BCUT2D eigenvalue weighted by Gasteiger charge is -2.33. The Hall–Kier alpha value is -0.960. The number of piperidine rings is 1. The van der Waals surface area contributed by atoms with E-state index in [0.29, 0.717) is 53.4 Å². The third-order valence-electron chi connectivity index (χ3n) is 5.70. The zero-order valence-corrected chi connectivity index (χ0v) is 17.1. The van der Waals surface area contributed by atoms with Gasteiger partial charge in [-0.1, -0.05) is 13.8 Å². The summed E-state index contributed by atoms with van der Waals surface area (Å²) in [6, 6.07) is 0.376. The summed E-state index contributed by atoms with van der Waals surface area (Å²) in [6.07, 6.45) is 3.14. The van der Waals surface area contributed by atoms with Crippen molar-refractivity contribution in [2.24, 2.45) is 11.8 Å². The quantitative estimate of drug-likeness (QED) is 0.781. The minimum Gasteiger partial charge on any atom is -0.378 e. The van der Waals surface area contributed by atoms with E-state index in [1.54, 1.807) is 18.2 Å². The first-order valence-corrected chi connectivity index (χ1v) is 11.1. The summed E-state index contributed by atoms with van der Waals surface area (Å²) in [7, 11) is -3.46. The van der Waals surface area contributed by atoms with Crippen LogP contribution in [-0.2, 0) is 14.8 Å². The molecule has 2 aliphatic rings. The maximum absolute atomic E-state index is 12.9. The van der Waals surface area contributed by atoms with Gasteiger partial charge in [0.05, 0.1) is 17.5 Å². The van der Waals surface area contributed by atoms with Gasteiger partial charge in [-0.15, -0.1) is 0 Å². The van der Waals surface area contributed by atoms with Crippen LogP contribution in [0.1, 0.15) is 44.5 Å². The summed E-state index contributed by atoms with van der Waals surface area (Å²) in [6.45, 7) is 10.8. The van der Waals surface area contributed by atoms with Gasteiger partial charge in [-0.25, -0.2) is 8.42 Å². The highest BCUT2D eigenvalue weighted by molar-refractivity contribution is 7.89. The summed E-state index contributed by atoms with van der Waals surface area (Å²) in [5.74, 6) is 1.10. The van der Waals surface area contributed by atoms with Crippen molar-refractivity contribution in [2.45, 2.75) is 64.0 Å². The van der Waals surface area contributed by atoms with Gasteiger partial charge in [-0.3, -0.25) is 5.10 Å². The molecule has 26 heavy (non-hydrogen) atoms. The average molecular weight is 385 g/mol. The van der Waals surface area contributed by atoms with Crippen molar-refractivity contribution in [3.05, 3.63) is 11.4 Å². The molecule has 148 valence electrons. The molecule has 0 radical (unpaired) electrons. The smallest absolute Gasteiger partial charge is 0.246 e. The Kier molecular flexibility index (Phi) is 6.06. The highest BCUT2D eigenvalue weighted by atomic mass is 32.2. The number of aryl methyl sites for hydroxylation is 2. The van der Waals surface area contributed by atoms with Crippen molar-refractivity contribution in [3.8, 4) is 0 Å². The van der Waals surface area contributed by atoms with E-state index in [1.165, 1.54) is 0 Å². The number of H-pyrrole nitrogens is 1. The van der Waals surface area contributed by atoms with Gasteiger partial charge in [0.2, 0.25) is 10.0 Å². The van der Waals surface area contributed by atoms with E-state index in [0.717, 1.165) is 32.4 Å². The highest BCUT2D eigenvalue weighted by Gasteiger charge is 2.34. The van der Waals surface area contributed by atoms with Crippen molar-refractivity contribution in [3.63, 3.8) is 0 Å². The molecule has 0 spiro atoms. The molecule has 1 aromatic heterocycles. The van der Waals surface area contributed by atoms with Crippen LogP contribution in [-0.4, -0.2) is 61.3 Å². The SMILES string of the molecule is Cc1n[nH]c(C)c1S(=O)(=O)N1CCC(NC[C@H]2CCO[C@@H]2C(C)C)CC1. The van der Waals surface area contributed by atoms with Crippen LogP contribution >= 0.6 is 0 Å². The second kappa shape index (κ2) is 7.96. The molecule has 0 amide bonds. The van der Waals surface area contributed by atoms with Gasteiger partial charge in [0.25, 0.3) is 0 Å². The first-order valence-electron chi connectivity index (χ1n) is 9.67. The maximum Gasteiger partial charge on any atom is 0.246 e. The Morgan fingerprint density at radius 3 is 2.54 bits per heavy atom. The fraction of sp³-hybridized carbons (Fsp3) is 0.833. The normalized spacial score (nSPS) is 26.0. The molecular weight excluding hydrogens is 352 g/mol. The van der Waals surface area contributed by atoms with E-state index >= 15 is 0 Å². The average Bonchev–Trinajstić information content (AvgIpc) is 3.20. The largest absolute Gasteiger partial charge is 0.378 e. The van der Waals surface area contributed by atoms with Gasteiger partial charge in [-0.05, 0) is 44.9 Å². The summed E-state index contributed by atoms with van der Waals surface area (Å²) in [5, 5.41) is 10.5. The lowest BCUT2D eigenvalue weighted by molar-refractivity contribution is 0.0530. The first kappa shape index (κ1) is 19.8. The van der Waals surface area contributed by atoms with Crippen LogP contribution in [0, 0.1) is 25.7 Å². The number of nitrogens with zero attached hydrogens (tertiary/aromatic N) is 2. The Morgan fingerprint density at radius 1 is 1.27 bits per heavy atom. The summed E-state index contributed by atoms with van der Waals surface area (Å²) in [5.41, 5.74) is 1.16. The molecule has 2 saturated heterocycles. The molecule has 3 heterocycles. The number of sulfonamides is 1. The molecule has 0 saturated carbocycles. The molecule has 1 aromatic rings. The van der Waals surface area contributed by atoms with E-state index in [1.807, 2.05) is 0 Å². The molecule has 0 unspecified atom stereocenters. The fourth-order valence-electron chi connectivity index (χ4n) is 4.28. The number of hydrogen-bond donors (Lipinski definition) is 2. The van der Waals surface area contributed by atoms with E-state index in [9.17, 15) is 8.42 Å². The minimum atomic E-state index is -3.46. The minimum absolute atomic E-state index is 0.340. The molecule has 2 atom stereocenters. The van der Waals surface area contributed by atoms with Crippen LogP contribution < -0.4 is 5.32 Å². The van der Waals surface area contributed by atoms with Gasteiger partial charge < -0.3 is 10.1 Å². The highest BCUT2D eigenvalue weighted by Crippen LogP contribution is 2.27. The summed E-state index contributed by atoms with van der Waals surface area (Å²) < 4.78 is 33.3. The third kappa shape index (κ3) is 3.98. The van der Waals surface area contributed by atoms with Crippen LogP contribution in [0.4, 0.5) is 0 Å². The molecule has 0 aliphatic carbocycles. The van der Waals surface area contributed by atoms with E-state index in [2.05, 4.69) is 29.4 Å².